The number of amides is 1. The Morgan fingerprint density at radius 1 is 1.15 bits per heavy atom. The van der Waals surface area contributed by atoms with Gasteiger partial charge in [0, 0.05) is 19.1 Å². The summed E-state index contributed by atoms with van der Waals surface area (Å²) in [5, 5.41) is 12.0. The molecule has 3 heterocycles. The molecule has 1 saturated heterocycles. The number of anilines is 1. The van der Waals surface area contributed by atoms with Crippen LogP contribution >= 0.6 is 0 Å². The fourth-order valence-electron chi connectivity index (χ4n) is 4.28. The van der Waals surface area contributed by atoms with Gasteiger partial charge >= 0.3 is 0 Å². The van der Waals surface area contributed by atoms with E-state index in [-0.39, 0.29) is 11.8 Å². The highest BCUT2D eigenvalue weighted by Crippen LogP contribution is 2.26. The maximum Gasteiger partial charge on any atom is 0.225 e. The molecule has 2 aromatic rings. The second kappa shape index (κ2) is 8.11. The minimum absolute atomic E-state index is 0.0272. The van der Waals surface area contributed by atoms with E-state index in [0.29, 0.717) is 24.3 Å². The van der Waals surface area contributed by atoms with Crippen molar-refractivity contribution in [2.75, 3.05) is 18.0 Å². The van der Waals surface area contributed by atoms with Crippen LogP contribution in [0.25, 0.3) is 11.5 Å². The summed E-state index contributed by atoms with van der Waals surface area (Å²) in [7, 11) is 0. The summed E-state index contributed by atoms with van der Waals surface area (Å²) in [6, 6.07) is 7.94. The number of carbonyl (C=O) groups excluding carboxylic acids is 1. The van der Waals surface area contributed by atoms with E-state index in [0.717, 1.165) is 37.3 Å². The standard InChI is InChI=1S/C21H28N4O2/c1-15-6-2-3-8-17(15)22-21(26)16-7-4-12-25(14-16)20-11-10-18(23-24-20)19-9-5-13-27-19/h5,9-11,13,15-17H,2-4,6-8,12,14H2,1H3,(H,22,26). The van der Waals surface area contributed by atoms with E-state index in [2.05, 4.69) is 27.3 Å². The van der Waals surface area contributed by atoms with E-state index in [1.807, 2.05) is 24.3 Å². The summed E-state index contributed by atoms with van der Waals surface area (Å²) in [6.07, 6.45) is 8.43. The smallest absolute Gasteiger partial charge is 0.225 e. The Labute approximate surface area is 160 Å². The first kappa shape index (κ1) is 18.0. The third kappa shape index (κ3) is 4.15. The van der Waals surface area contributed by atoms with Crippen LogP contribution in [0.5, 0.6) is 0 Å². The summed E-state index contributed by atoms with van der Waals surface area (Å²) in [5.74, 6) is 2.36. The quantitative estimate of drug-likeness (QED) is 0.892. The molecule has 1 amide bonds. The first-order valence-corrected chi connectivity index (χ1v) is 10.1. The molecule has 1 N–H and O–H groups in total. The molecule has 6 nitrogen and oxygen atoms in total. The Kier molecular flexibility index (Phi) is 5.41. The van der Waals surface area contributed by atoms with Crippen LogP contribution < -0.4 is 10.2 Å². The zero-order valence-electron chi connectivity index (χ0n) is 15.9. The van der Waals surface area contributed by atoms with Crippen LogP contribution in [0.4, 0.5) is 5.82 Å². The lowest BCUT2D eigenvalue weighted by Crippen LogP contribution is -2.48. The van der Waals surface area contributed by atoms with Crippen LogP contribution in [-0.4, -0.2) is 35.2 Å². The molecule has 4 rings (SSSR count). The first-order chi connectivity index (χ1) is 13.2. The molecule has 6 heteroatoms. The third-order valence-corrected chi connectivity index (χ3v) is 5.98. The highest BCUT2D eigenvalue weighted by atomic mass is 16.3. The molecule has 0 aromatic carbocycles. The van der Waals surface area contributed by atoms with E-state index >= 15 is 0 Å². The SMILES string of the molecule is CC1CCCCC1NC(=O)C1CCCN(c2ccc(-c3ccco3)nn2)C1. The third-order valence-electron chi connectivity index (χ3n) is 5.98. The van der Waals surface area contributed by atoms with Gasteiger partial charge in [0.15, 0.2) is 11.6 Å². The Bertz CT molecular complexity index is 744. The van der Waals surface area contributed by atoms with Crippen molar-refractivity contribution in [2.24, 2.45) is 11.8 Å². The first-order valence-electron chi connectivity index (χ1n) is 10.1. The maximum atomic E-state index is 12.8. The van der Waals surface area contributed by atoms with Gasteiger partial charge in [-0.15, -0.1) is 10.2 Å². The number of hydrogen-bond donors (Lipinski definition) is 1. The molecule has 27 heavy (non-hydrogen) atoms. The number of furan rings is 1. The van der Waals surface area contributed by atoms with Gasteiger partial charge < -0.3 is 14.6 Å². The molecule has 144 valence electrons. The van der Waals surface area contributed by atoms with Gasteiger partial charge in [0.2, 0.25) is 5.91 Å². The number of nitrogens with zero attached hydrogens (tertiary/aromatic N) is 3. The van der Waals surface area contributed by atoms with E-state index in [4.69, 9.17) is 4.42 Å². The molecule has 3 unspecified atom stereocenters. The number of carbonyl (C=O) groups is 1. The number of nitrogens with one attached hydrogen (secondary N) is 1. The predicted octanol–water partition coefficient (Wildman–Crippen LogP) is 3.65. The van der Waals surface area contributed by atoms with Crippen LogP contribution in [-0.2, 0) is 4.79 Å². The molecule has 2 aromatic heterocycles. The molecule has 0 spiro atoms. The normalized spacial score (nSPS) is 26.0. The number of rotatable bonds is 4. The molecule has 0 bridgehead atoms. The summed E-state index contributed by atoms with van der Waals surface area (Å²) in [4.78, 5) is 15.0. The lowest BCUT2D eigenvalue weighted by atomic mass is 9.85. The molecule has 1 aliphatic heterocycles. The second-order valence-corrected chi connectivity index (χ2v) is 7.92. The van der Waals surface area contributed by atoms with Gasteiger partial charge in [0.05, 0.1) is 12.2 Å². The molecular weight excluding hydrogens is 340 g/mol. The topological polar surface area (TPSA) is 71.3 Å². The fraction of sp³-hybridized carbons (Fsp3) is 0.571. The van der Waals surface area contributed by atoms with Gasteiger partial charge in [-0.05, 0) is 55.9 Å². The monoisotopic (exact) mass is 368 g/mol. The van der Waals surface area contributed by atoms with Crippen LogP contribution in [0.2, 0.25) is 0 Å². The van der Waals surface area contributed by atoms with E-state index < -0.39 is 0 Å². The zero-order valence-corrected chi connectivity index (χ0v) is 15.9. The van der Waals surface area contributed by atoms with Gasteiger partial charge in [-0.3, -0.25) is 4.79 Å². The Balaban J connectivity index is 1.38. The summed E-state index contributed by atoms with van der Waals surface area (Å²) in [6.45, 7) is 3.88. The Morgan fingerprint density at radius 2 is 2.04 bits per heavy atom. The fourth-order valence-corrected chi connectivity index (χ4v) is 4.28. The summed E-state index contributed by atoms with van der Waals surface area (Å²) < 4.78 is 5.37. The second-order valence-electron chi connectivity index (χ2n) is 7.92. The van der Waals surface area contributed by atoms with Gasteiger partial charge in [-0.2, -0.15) is 0 Å². The highest BCUT2D eigenvalue weighted by Gasteiger charge is 2.30. The molecule has 1 aliphatic carbocycles. The van der Waals surface area contributed by atoms with Gasteiger partial charge in [-0.25, -0.2) is 0 Å². The van der Waals surface area contributed by atoms with Gasteiger partial charge in [-0.1, -0.05) is 19.8 Å². The minimum Gasteiger partial charge on any atom is -0.463 e. The highest BCUT2D eigenvalue weighted by molar-refractivity contribution is 5.80. The molecule has 1 saturated carbocycles. The van der Waals surface area contributed by atoms with Crippen molar-refractivity contribution in [1.29, 1.82) is 0 Å². The van der Waals surface area contributed by atoms with Crippen LogP contribution in [0.3, 0.4) is 0 Å². The van der Waals surface area contributed by atoms with E-state index in [1.165, 1.54) is 19.3 Å². The van der Waals surface area contributed by atoms with Crippen molar-refractivity contribution in [3.05, 3.63) is 30.5 Å². The Hall–Kier alpha value is -2.37. The van der Waals surface area contributed by atoms with Crippen molar-refractivity contribution in [3.8, 4) is 11.5 Å². The van der Waals surface area contributed by atoms with Crippen LogP contribution in [0, 0.1) is 11.8 Å². The number of aromatic nitrogens is 2. The van der Waals surface area contributed by atoms with E-state index in [1.54, 1.807) is 6.26 Å². The summed E-state index contributed by atoms with van der Waals surface area (Å²) in [5.41, 5.74) is 0.723. The minimum atomic E-state index is 0.0272. The van der Waals surface area contributed by atoms with Crippen LogP contribution in [0.1, 0.15) is 45.4 Å². The van der Waals surface area contributed by atoms with Crippen molar-refractivity contribution in [3.63, 3.8) is 0 Å². The average Bonchev–Trinajstić information content (AvgIpc) is 3.25. The lowest BCUT2D eigenvalue weighted by Gasteiger charge is -2.35. The van der Waals surface area contributed by atoms with Gasteiger partial charge in [0.25, 0.3) is 0 Å². The number of hydrogen-bond acceptors (Lipinski definition) is 5. The Morgan fingerprint density at radius 3 is 2.78 bits per heavy atom. The molecule has 0 radical (unpaired) electrons. The predicted molar refractivity (Wildman–Crippen MR) is 104 cm³/mol. The van der Waals surface area contributed by atoms with Gasteiger partial charge in [0.1, 0.15) is 5.69 Å². The van der Waals surface area contributed by atoms with Crippen molar-refractivity contribution in [1.82, 2.24) is 15.5 Å². The molecule has 2 fully saturated rings. The van der Waals surface area contributed by atoms with Crippen molar-refractivity contribution in [2.45, 2.75) is 51.5 Å². The van der Waals surface area contributed by atoms with Crippen molar-refractivity contribution >= 4 is 11.7 Å². The molecule has 3 atom stereocenters. The maximum absolute atomic E-state index is 12.8. The largest absolute Gasteiger partial charge is 0.463 e. The molecular formula is C21H28N4O2. The average molecular weight is 368 g/mol. The van der Waals surface area contributed by atoms with Crippen molar-refractivity contribution < 1.29 is 9.21 Å². The lowest BCUT2D eigenvalue weighted by molar-refractivity contribution is -0.126. The zero-order chi connectivity index (χ0) is 18.6. The van der Waals surface area contributed by atoms with E-state index in [9.17, 15) is 4.79 Å². The summed E-state index contributed by atoms with van der Waals surface area (Å²) >= 11 is 0. The molecule has 2 aliphatic rings. The number of piperidine rings is 1. The van der Waals surface area contributed by atoms with Crippen LogP contribution in [0.15, 0.2) is 34.9 Å².